The third-order valence-electron chi connectivity index (χ3n) is 11.7. The van der Waals surface area contributed by atoms with Crippen LogP contribution in [0, 0.1) is 0 Å². The van der Waals surface area contributed by atoms with E-state index >= 15 is 0 Å². The SMILES string of the molecule is CC/C=C\C/C=C\C/C=C\CCCCC(=O)OCC(COC(=O)CCCCCCC\C=C/C=C\C=C/CCCCCCC)OC(=O)CCCCCCC/C=C\CCCCCCCCCCC. The number of carbonyl (C=O) groups is 3. The van der Waals surface area contributed by atoms with Crippen LogP contribution in [0.4, 0.5) is 0 Å². The summed E-state index contributed by atoms with van der Waals surface area (Å²) in [5.74, 6) is -0.967. The Hall–Kier alpha value is -3.41. The average Bonchev–Trinajstić information content (AvgIpc) is 3.31. The number of hydrogen-bond acceptors (Lipinski definition) is 6. The fraction of sp³-hybridized carbons (Fsp3) is 0.717. The fourth-order valence-corrected chi connectivity index (χ4v) is 7.51. The van der Waals surface area contributed by atoms with Crippen molar-refractivity contribution < 1.29 is 28.6 Å². The minimum atomic E-state index is -0.805. The quantitative estimate of drug-likeness (QED) is 0.0199. The second-order valence-electron chi connectivity index (χ2n) is 18.2. The highest BCUT2D eigenvalue weighted by atomic mass is 16.6. The molecule has 0 heterocycles. The van der Waals surface area contributed by atoms with Crippen LogP contribution in [0.25, 0.3) is 0 Å². The second kappa shape index (κ2) is 54.2. The standard InChI is InChI=1S/C60H102O6/c1-4-7-10-13-16-19-22-25-27-29-31-33-35-38-41-44-47-50-53-59(62)65-56-57(55-64-58(61)52-49-46-43-40-37-24-21-18-15-12-9-6-3)66-60(63)54-51-48-45-42-39-36-34-32-30-28-26-23-20-17-14-11-8-5-2/h9,12,18,21-22,25,27,29,31-34,37,40,57H,4-8,10-11,13-17,19-20,23-24,26,28,30,35-36,38-39,41-56H2,1-3H3/b12-9-,21-18-,25-22-,29-27-,33-31-,34-32-,40-37-. The lowest BCUT2D eigenvalue weighted by atomic mass is 10.1. The molecule has 0 aromatic carbocycles. The summed E-state index contributed by atoms with van der Waals surface area (Å²) in [6.45, 7) is 6.45. The zero-order chi connectivity index (χ0) is 47.9. The van der Waals surface area contributed by atoms with Crippen molar-refractivity contribution in [2.24, 2.45) is 0 Å². The molecule has 0 amide bonds. The average molecular weight is 919 g/mol. The first-order valence-electron chi connectivity index (χ1n) is 27.6. The summed E-state index contributed by atoms with van der Waals surface area (Å²) in [5, 5.41) is 0. The normalized spacial score (nSPS) is 12.7. The smallest absolute Gasteiger partial charge is 0.306 e. The molecule has 66 heavy (non-hydrogen) atoms. The highest BCUT2D eigenvalue weighted by Gasteiger charge is 2.19. The van der Waals surface area contributed by atoms with Crippen LogP contribution in [0.15, 0.2) is 85.1 Å². The molecule has 0 fully saturated rings. The van der Waals surface area contributed by atoms with Crippen LogP contribution in [-0.2, 0) is 28.6 Å². The van der Waals surface area contributed by atoms with E-state index in [0.29, 0.717) is 19.3 Å². The van der Waals surface area contributed by atoms with Crippen molar-refractivity contribution >= 4 is 17.9 Å². The molecule has 0 aliphatic heterocycles. The summed E-state index contributed by atoms with van der Waals surface area (Å²) in [5.41, 5.74) is 0. The van der Waals surface area contributed by atoms with Crippen LogP contribution in [0.1, 0.15) is 258 Å². The maximum atomic E-state index is 12.8. The molecule has 0 bridgehead atoms. The maximum Gasteiger partial charge on any atom is 0.306 e. The van der Waals surface area contributed by atoms with Crippen molar-refractivity contribution in [2.45, 2.75) is 264 Å². The number of unbranched alkanes of at least 4 members (excludes halogenated alkanes) is 26. The summed E-state index contributed by atoms with van der Waals surface area (Å²) >= 11 is 0. The molecule has 1 atom stereocenters. The number of rotatable bonds is 49. The van der Waals surface area contributed by atoms with Crippen LogP contribution in [0.2, 0.25) is 0 Å². The van der Waals surface area contributed by atoms with E-state index < -0.39 is 6.10 Å². The van der Waals surface area contributed by atoms with Crippen molar-refractivity contribution in [3.8, 4) is 0 Å². The zero-order valence-electron chi connectivity index (χ0n) is 43.2. The highest BCUT2D eigenvalue weighted by molar-refractivity contribution is 5.71. The highest BCUT2D eigenvalue weighted by Crippen LogP contribution is 2.14. The third kappa shape index (κ3) is 51.6. The molecule has 0 rings (SSSR count). The maximum absolute atomic E-state index is 12.8. The number of carbonyl (C=O) groups excluding carboxylic acids is 3. The molecule has 0 aliphatic carbocycles. The number of hydrogen-bond donors (Lipinski definition) is 0. The van der Waals surface area contributed by atoms with E-state index in [4.69, 9.17) is 14.2 Å². The summed E-state index contributed by atoms with van der Waals surface area (Å²) in [4.78, 5) is 38.0. The van der Waals surface area contributed by atoms with Crippen LogP contribution >= 0.6 is 0 Å². The third-order valence-corrected chi connectivity index (χ3v) is 11.7. The van der Waals surface area contributed by atoms with Crippen molar-refractivity contribution in [1.29, 1.82) is 0 Å². The Balaban J connectivity index is 4.45. The summed E-state index contributed by atoms with van der Waals surface area (Å²) in [7, 11) is 0. The van der Waals surface area contributed by atoms with Gasteiger partial charge in [0.05, 0.1) is 0 Å². The molecule has 0 spiro atoms. The molecule has 0 aromatic rings. The molecule has 0 saturated carbocycles. The molecule has 6 heteroatoms. The minimum absolute atomic E-state index is 0.103. The number of ether oxygens (including phenoxy) is 3. The van der Waals surface area contributed by atoms with E-state index in [-0.39, 0.29) is 31.1 Å². The molecule has 0 radical (unpaired) electrons. The Kier molecular flexibility index (Phi) is 51.4. The van der Waals surface area contributed by atoms with Gasteiger partial charge in [-0.3, -0.25) is 14.4 Å². The Labute approximate surface area is 407 Å². The first-order valence-corrected chi connectivity index (χ1v) is 27.6. The predicted octanol–water partition coefficient (Wildman–Crippen LogP) is 18.4. The Morgan fingerprint density at radius 2 is 0.652 bits per heavy atom. The van der Waals surface area contributed by atoms with Gasteiger partial charge >= 0.3 is 17.9 Å². The lowest BCUT2D eigenvalue weighted by molar-refractivity contribution is -0.167. The molecular formula is C60H102O6. The van der Waals surface area contributed by atoms with E-state index in [1.54, 1.807) is 0 Å². The van der Waals surface area contributed by atoms with Gasteiger partial charge in [0, 0.05) is 19.3 Å². The van der Waals surface area contributed by atoms with Gasteiger partial charge in [0.2, 0.25) is 0 Å². The lowest BCUT2D eigenvalue weighted by Gasteiger charge is -2.18. The molecule has 6 nitrogen and oxygen atoms in total. The van der Waals surface area contributed by atoms with Crippen molar-refractivity contribution in [2.75, 3.05) is 13.2 Å². The van der Waals surface area contributed by atoms with Gasteiger partial charge in [-0.15, -0.1) is 0 Å². The predicted molar refractivity (Wildman–Crippen MR) is 284 cm³/mol. The minimum Gasteiger partial charge on any atom is -0.462 e. The van der Waals surface area contributed by atoms with E-state index in [9.17, 15) is 14.4 Å². The van der Waals surface area contributed by atoms with Crippen molar-refractivity contribution in [3.63, 3.8) is 0 Å². The molecule has 0 saturated heterocycles. The Bertz CT molecular complexity index is 1290. The van der Waals surface area contributed by atoms with E-state index in [2.05, 4.69) is 106 Å². The molecule has 0 aliphatic rings. The van der Waals surface area contributed by atoms with Gasteiger partial charge in [-0.05, 0) is 103 Å². The summed E-state index contributed by atoms with van der Waals surface area (Å²) in [6.07, 6.45) is 70.0. The summed E-state index contributed by atoms with van der Waals surface area (Å²) < 4.78 is 16.8. The van der Waals surface area contributed by atoms with Gasteiger partial charge in [0.25, 0.3) is 0 Å². The largest absolute Gasteiger partial charge is 0.462 e. The second-order valence-corrected chi connectivity index (χ2v) is 18.2. The van der Waals surface area contributed by atoms with E-state index in [1.165, 1.54) is 103 Å². The zero-order valence-corrected chi connectivity index (χ0v) is 43.2. The lowest BCUT2D eigenvalue weighted by Crippen LogP contribution is -2.30. The van der Waals surface area contributed by atoms with Crippen LogP contribution in [0.5, 0.6) is 0 Å². The number of allylic oxidation sites excluding steroid dienone is 14. The first kappa shape index (κ1) is 62.6. The van der Waals surface area contributed by atoms with Crippen LogP contribution in [0.3, 0.4) is 0 Å². The van der Waals surface area contributed by atoms with Gasteiger partial charge in [-0.2, -0.15) is 0 Å². The van der Waals surface area contributed by atoms with Gasteiger partial charge in [-0.25, -0.2) is 0 Å². The van der Waals surface area contributed by atoms with E-state index in [0.717, 1.165) is 116 Å². The Morgan fingerprint density at radius 1 is 0.333 bits per heavy atom. The van der Waals surface area contributed by atoms with Gasteiger partial charge in [0.15, 0.2) is 6.10 Å². The van der Waals surface area contributed by atoms with E-state index in [1.807, 2.05) is 0 Å². The van der Waals surface area contributed by atoms with Crippen molar-refractivity contribution in [3.05, 3.63) is 85.1 Å². The molecule has 0 aromatic heterocycles. The molecular weight excluding hydrogens is 817 g/mol. The fourth-order valence-electron chi connectivity index (χ4n) is 7.51. The van der Waals surface area contributed by atoms with Gasteiger partial charge in [-0.1, -0.05) is 221 Å². The molecule has 0 N–H and O–H groups in total. The number of esters is 3. The first-order chi connectivity index (χ1) is 32.5. The molecule has 1 unspecified atom stereocenters. The molecule has 378 valence electrons. The van der Waals surface area contributed by atoms with Gasteiger partial charge < -0.3 is 14.2 Å². The monoisotopic (exact) mass is 919 g/mol. The van der Waals surface area contributed by atoms with Crippen LogP contribution in [-0.4, -0.2) is 37.2 Å². The van der Waals surface area contributed by atoms with Gasteiger partial charge in [0.1, 0.15) is 13.2 Å². The topological polar surface area (TPSA) is 78.9 Å². The van der Waals surface area contributed by atoms with Crippen molar-refractivity contribution in [1.82, 2.24) is 0 Å². The Morgan fingerprint density at radius 3 is 1.09 bits per heavy atom. The van der Waals surface area contributed by atoms with Crippen LogP contribution < -0.4 is 0 Å². The summed E-state index contributed by atoms with van der Waals surface area (Å²) in [6, 6.07) is 0.